The minimum atomic E-state index is 0.500. The summed E-state index contributed by atoms with van der Waals surface area (Å²) in [6.07, 6.45) is 5.65. The van der Waals surface area contributed by atoms with Gasteiger partial charge in [-0.3, -0.25) is 4.90 Å². The minimum Gasteiger partial charge on any atom is -0.361 e. The van der Waals surface area contributed by atoms with Crippen LogP contribution in [0.4, 0.5) is 0 Å². The van der Waals surface area contributed by atoms with E-state index < -0.39 is 0 Å². The summed E-state index contributed by atoms with van der Waals surface area (Å²) in [4.78, 5) is 5.84. The number of halogens is 1. The van der Waals surface area contributed by atoms with Gasteiger partial charge in [-0.15, -0.1) is 11.6 Å². The molecule has 1 aromatic heterocycles. The molecule has 2 atom stereocenters. The van der Waals surface area contributed by atoms with E-state index >= 15 is 0 Å². The summed E-state index contributed by atoms with van der Waals surface area (Å²) in [5, 5.41) is 1.39. The van der Waals surface area contributed by atoms with Crippen LogP contribution in [-0.4, -0.2) is 35.4 Å². The second-order valence-corrected chi connectivity index (χ2v) is 6.05. The molecule has 1 aliphatic heterocycles. The van der Waals surface area contributed by atoms with E-state index in [0.29, 0.717) is 12.0 Å². The standard InChI is InChI=1S/C16H17ClN2/c1-19-9-12(7-17)13-5-10-3-2-4-14-16(10)11(8-18-14)6-15(13)19/h2-5,8,12,15,18H,6-7,9H2,1H3/t12-,15+/m0/s1. The molecule has 0 bridgehead atoms. The molecule has 2 aromatic rings. The monoisotopic (exact) mass is 272 g/mol. The highest BCUT2D eigenvalue weighted by atomic mass is 35.5. The van der Waals surface area contributed by atoms with Crippen molar-refractivity contribution in [1.29, 1.82) is 0 Å². The lowest BCUT2D eigenvalue weighted by Gasteiger charge is -2.19. The zero-order valence-electron chi connectivity index (χ0n) is 11.0. The molecule has 1 aromatic carbocycles. The van der Waals surface area contributed by atoms with Crippen molar-refractivity contribution < 1.29 is 0 Å². The summed E-state index contributed by atoms with van der Waals surface area (Å²) in [6, 6.07) is 7.02. The lowest BCUT2D eigenvalue weighted by Crippen LogP contribution is -2.27. The molecule has 2 heterocycles. The summed E-state index contributed by atoms with van der Waals surface area (Å²) in [6.45, 7) is 1.08. The fourth-order valence-corrected chi connectivity index (χ4v) is 3.96. The van der Waals surface area contributed by atoms with Crippen LogP contribution in [-0.2, 0) is 6.42 Å². The number of benzene rings is 1. The summed E-state index contributed by atoms with van der Waals surface area (Å²) < 4.78 is 0. The SMILES string of the molecule is CN1C[C@H](CCl)C2=Cc3cccc4[nH]cc(c34)C[C@H]21. The lowest BCUT2D eigenvalue weighted by atomic mass is 9.96. The molecule has 0 unspecified atom stereocenters. The van der Waals surface area contributed by atoms with Crippen molar-refractivity contribution in [3.63, 3.8) is 0 Å². The molecule has 1 aliphatic carbocycles. The average molecular weight is 273 g/mol. The van der Waals surface area contributed by atoms with E-state index in [4.69, 9.17) is 11.6 Å². The molecule has 4 rings (SSSR count). The molecule has 0 spiro atoms. The molecule has 2 aliphatic rings. The van der Waals surface area contributed by atoms with Gasteiger partial charge in [0.05, 0.1) is 0 Å². The van der Waals surface area contributed by atoms with Crippen molar-refractivity contribution in [1.82, 2.24) is 9.88 Å². The van der Waals surface area contributed by atoms with Crippen LogP contribution >= 0.6 is 11.6 Å². The topological polar surface area (TPSA) is 19.0 Å². The summed E-state index contributed by atoms with van der Waals surface area (Å²) in [5.74, 6) is 1.22. The number of likely N-dealkylation sites (tertiary alicyclic amines) is 1. The molecule has 1 N–H and O–H groups in total. The smallest absolute Gasteiger partial charge is 0.0462 e. The Bertz CT molecular complexity index is 670. The minimum absolute atomic E-state index is 0.500. The summed E-state index contributed by atoms with van der Waals surface area (Å²) >= 11 is 6.16. The van der Waals surface area contributed by atoms with Gasteiger partial charge in [0, 0.05) is 41.5 Å². The quantitative estimate of drug-likeness (QED) is 0.790. The van der Waals surface area contributed by atoms with E-state index in [-0.39, 0.29) is 0 Å². The van der Waals surface area contributed by atoms with E-state index in [1.807, 2.05) is 0 Å². The molecule has 0 saturated carbocycles. The summed E-state index contributed by atoms with van der Waals surface area (Å²) in [7, 11) is 2.21. The maximum absolute atomic E-state index is 6.16. The Morgan fingerprint density at radius 1 is 1.42 bits per heavy atom. The number of nitrogens with zero attached hydrogens (tertiary/aromatic N) is 1. The number of alkyl halides is 1. The second kappa shape index (κ2) is 4.12. The van der Waals surface area contributed by atoms with Crippen LogP contribution in [0.3, 0.4) is 0 Å². The number of hydrogen-bond donors (Lipinski definition) is 1. The fraction of sp³-hybridized carbons (Fsp3) is 0.375. The number of aromatic nitrogens is 1. The first kappa shape index (κ1) is 11.6. The van der Waals surface area contributed by atoms with Gasteiger partial charge in [-0.25, -0.2) is 0 Å². The van der Waals surface area contributed by atoms with Crippen LogP contribution in [0.25, 0.3) is 17.0 Å². The molecule has 98 valence electrons. The van der Waals surface area contributed by atoms with Crippen LogP contribution < -0.4 is 0 Å². The number of aromatic amines is 1. The molecular weight excluding hydrogens is 256 g/mol. The molecule has 19 heavy (non-hydrogen) atoms. The van der Waals surface area contributed by atoms with E-state index in [1.165, 1.54) is 27.6 Å². The third-order valence-electron chi connectivity index (χ3n) is 4.64. The van der Waals surface area contributed by atoms with Crippen molar-refractivity contribution in [2.45, 2.75) is 12.5 Å². The van der Waals surface area contributed by atoms with Crippen molar-refractivity contribution in [2.75, 3.05) is 19.5 Å². The highest BCUT2D eigenvalue weighted by Gasteiger charge is 2.35. The van der Waals surface area contributed by atoms with Gasteiger partial charge in [0.25, 0.3) is 0 Å². The molecule has 1 fully saturated rings. The predicted molar refractivity (Wildman–Crippen MR) is 80.6 cm³/mol. The molecule has 0 amide bonds. The number of nitrogens with one attached hydrogen (secondary N) is 1. The molecular formula is C16H17ClN2. The maximum atomic E-state index is 6.16. The van der Waals surface area contributed by atoms with E-state index in [2.05, 4.69) is 47.4 Å². The van der Waals surface area contributed by atoms with Crippen LogP contribution in [0.15, 0.2) is 30.0 Å². The largest absolute Gasteiger partial charge is 0.361 e. The maximum Gasteiger partial charge on any atom is 0.0462 e. The van der Waals surface area contributed by atoms with Gasteiger partial charge >= 0.3 is 0 Å². The van der Waals surface area contributed by atoms with Gasteiger partial charge in [-0.1, -0.05) is 18.2 Å². The van der Waals surface area contributed by atoms with E-state index in [1.54, 1.807) is 0 Å². The van der Waals surface area contributed by atoms with Crippen LogP contribution in [0.5, 0.6) is 0 Å². The third kappa shape index (κ3) is 1.60. The summed E-state index contributed by atoms with van der Waals surface area (Å²) in [5.41, 5.74) is 5.54. The number of likely N-dealkylation sites (N-methyl/N-ethyl adjacent to an activating group) is 1. The average Bonchev–Trinajstić information content (AvgIpc) is 2.89. The van der Waals surface area contributed by atoms with Crippen molar-refractivity contribution >= 4 is 28.6 Å². The Balaban J connectivity index is 1.95. The Labute approximate surface area is 118 Å². The first-order valence-corrected chi connectivity index (χ1v) is 7.38. The van der Waals surface area contributed by atoms with Gasteiger partial charge in [-0.2, -0.15) is 0 Å². The number of H-pyrrole nitrogens is 1. The highest BCUT2D eigenvalue weighted by molar-refractivity contribution is 6.18. The van der Waals surface area contributed by atoms with Crippen LogP contribution in [0, 0.1) is 5.92 Å². The molecule has 3 heteroatoms. The van der Waals surface area contributed by atoms with E-state index in [9.17, 15) is 0 Å². The first-order valence-electron chi connectivity index (χ1n) is 6.84. The Kier molecular flexibility index (Phi) is 2.51. The van der Waals surface area contributed by atoms with Gasteiger partial charge in [-0.05, 0) is 36.2 Å². The lowest BCUT2D eigenvalue weighted by molar-refractivity contribution is 0.320. The zero-order chi connectivity index (χ0) is 13.0. The van der Waals surface area contributed by atoms with Gasteiger partial charge < -0.3 is 4.98 Å². The Morgan fingerprint density at radius 2 is 2.32 bits per heavy atom. The van der Waals surface area contributed by atoms with Gasteiger partial charge in [0.2, 0.25) is 0 Å². The van der Waals surface area contributed by atoms with Crippen LogP contribution in [0.2, 0.25) is 0 Å². The number of hydrogen-bond acceptors (Lipinski definition) is 1. The normalized spacial score (nSPS) is 26.3. The van der Waals surface area contributed by atoms with Gasteiger partial charge in [0.1, 0.15) is 0 Å². The highest BCUT2D eigenvalue weighted by Crippen LogP contribution is 2.38. The first-order chi connectivity index (χ1) is 9.28. The number of rotatable bonds is 1. The van der Waals surface area contributed by atoms with Gasteiger partial charge in [0.15, 0.2) is 0 Å². The van der Waals surface area contributed by atoms with Crippen molar-refractivity contribution in [2.24, 2.45) is 5.92 Å². The third-order valence-corrected chi connectivity index (χ3v) is 5.01. The Hall–Kier alpha value is -1.25. The second-order valence-electron chi connectivity index (χ2n) is 5.74. The van der Waals surface area contributed by atoms with E-state index in [0.717, 1.165) is 18.8 Å². The Morgan fingerprint density at radius 3 is 3.16 bits per heavy atom. The molecule has 0 radical (unpaired) electrons. The van der Waals surface area contributed by atoms with Crippen molar-refractivity contribution in [3.05, 3.63) is 41.1 Å². The fourth-order valence-electron chi connectivity index (χ4n) is 3.69. The zero-order valence-corrected chi connectivity index (χ0v) is 11.7. The van der Waals surface area contributed by atoms with Crippen molar-refractivity contribution in [3.8, 4) is 0 Å². The predicted octanol–water partition coefficient (Wildman–Crippen LogP) is 3.28. The number of fused-ring (bicyclic) bond motifs is 1. The van der Waals surface area contributed by atoms with Crippen LogP contribution in [0.1, 0.15) is 11.1 Å². The molecule has 1 saturated heterocycles. The molecule has 2 nitrogen and oxygen atoms in total.